The van der Waals surface area contributed by atoms with Crippen molar-refractivity contribution in [1.29, 1.82) is 0 Å². The molecule has 0 bridgehead atoms. The summed E-state index contributed by atoms with van der Waals surface area (Å²) < 4.78 is 11.0. The number of fused-ring (bicyclic) bond motifs is 1. The van der Waals surface area contributed by atoms with Crippen molar-refractivity contribution in [1.82, 2.24) is 10.6 Å². The van der Waals surface area contributed by atoms with Crippen LogP contribution < -0.4 is 15.4 Å². The quantitative estimate of drug-likeness (QED) is 0.504. The Morgan fingerprint density at radius 2 is 2.21 bits per heavy atom. The summed E-state index contributed by atoms with van der Waals surface area (Å²) in [7, 11) is 0. The molecular weight excluding hydrogens is 302 g/mol. The van der Waals surface area contributed by atoms with Gasteiger partial charge in [0.15, 0.2) is 5.96 Å². The van der Waals surface area contributed by atoms with Crippen LogP contribution in [0, 0.1) is 12.3 Å². The van der Waals surface area contributed by atoms with Crippen molar-refractivity contribution < 1.29 is 9.15 Å². The zero-order valence-corrected chi connectivity index (χ0v) is 13.5. The van der Waals surface area contributed by atoms with E-state index in [1.807, 2.05) is 30.3 Å². The van der Waals surface area contributed by atoms with E-state index in [0.29, 0.717) is 25.7 Å². The molecule has 2 aromatic rings. The Morgan fingerprint density at radius 3 is 3.04 bits per heavy atom. The molecule has 0 spiro atoms. The van der Waals surface area contributed by atoms with Crippen LogP contribution in [0.3, 0.4) is 0 Å². The molecule has 124 valence electrons. The lowest BCUT2D eigenvalue weighted by atomic mass is 10.0. The minimum atomic E-state index is 0.155. The molecule has 0 aliphatic carbocycles. The lowest BCUT2D eigenvalue weighted by Gasteiger charge is -2.28. The van der Waals surface area contributed by atoms with Gasteiger partial charge in [0.2, 0.25) is 0 Å². The number of furan rings is 1. The van der Waals surface area contributed by atoms with E-state index in [9.17, 15) is 0 Å². The third-order valence-electron chi connectivity index (χ3n) is 3.84. The molecule has 5 heteroatoms. The monoisotopic (exact) mass is 323 g/mol. The normalized spacial score (nSPS) is 16.6. The summed E-state index contributed by atoms with van der Waals surface area (Å²) in [6, 6.07) is 12.1. The van der Waals surface area contributed by atoms with Gasteiger partial charge in [0.25, 0.3) is 0 Å². The number of aliphatic imine (C=N–C) groups is 1. The number of rotatable bonds is 5. The number of nitrogens with zero attached hydrogens (tertiary/aromatic N) is 1. The van der Waals surface area contributed by atoms with Gasteiger partial charge in [0.05, 0.1) is 25.5 Å². The van der Waals surface area contributed by atoms with Crippen molar-refractivity contribution >= 4 is 5.96 Å². The molecule has 1 atom stereocenters. The van der Waals surface area contributed by atoms with Crippen LogP contribution in [-0.4, -0.2) is 25.7 Å². The molecule has 2 heterocycles. The first-order valence-corrected chi connectivity index (χ1v) is 8.09. The largest absolute Gasteiger partial charge is 0.493 e. The standard InChI is InChI=1S/C19H21N3O2/c1-2-11-20-19(21-12-9-15-6-5-13-23-15)22-17-10-14-24-18-8-4-3-7-16(17)18/h1,3-8,13,17H,9-12,14H2,(H2,20,21,22). The SMILES string of the molecule is C#CCNC(=NCCc1ccco1)NC1CCOc2ccccc21. The topological polar surface area (TPSA) is 58.8 Å². The summed E-state index contributed by atoms with van der Waals surface area (Å²) in [6.07, 6.45) is 8.67. The third-order valence-corrected chi connectivity index (χ3v) is 3.84. The minimum Gasteiger partial charge on any atom is -0.493 e. The van der Waals surface area contributed by atoms with E-state index in [1.54, 1.807) is 6.26 Å². The summed E-state index contributed by atoms with van der Waals surface area (Å²) in [6.45, 7) is 1.74. The number of ether oxygens (including phenoxy) is 1. The number of para-hydroxylation sites is 1. The molecule has 1 aliphatic rings. The predicted octanol–water partition coefficient (Wildman–Crippen LogP) is 2.51. The van der Waals surface area contributed by atoms with Crippen LogP contribution in [0.5, 0.6) is 5.75 Å². The van der Waals surface area contributed by atoms with Crippen molar-refractivity contribution in [3.63, 3.8) is 0 Å². The van der Waals surface area contributed by atoms with Crippen molar-refractivity contribution in [3.05, 3.63) is 54.0 Å². The van der Waals surface area contributed by atoms with Crippen LogP contribution >= 0.6 is 0 Å². The lowest BCUT2D eigenvalue weighted by Crippen LogP contribution is -2.41. The van der Waals surface area contributed by atoms with Gasteiger partial charge < -0.3 is 19.8 Å². The van der Waals surface area contributed by atoms with Gasteiger partial charge in [-0.2, -0.15) is 0 Å². The van der Waals surface area contributed by atoms with Gasteiger partial charge >= 0.3 is 0 Å². The first-order chi connectivity index (χ1) is 11.9. The third kappa shape index (κ3) is 4.11. The van der Waals surface area contributed by atoms with E-state index in [0.717, 1.165) is 29.9 Å². The molecule has 0 saturated heterocycles. The van der Waals surface area contributed by atoms with Gasteiger partial charge in [-0.15, -0.1) is 6.42 Å². The fraction of sp³-hybridized carbons (Fsp3) is 0.316. The number of nitrogens with one attached hydrogen (secondary N) is 2. The Labute approximate surface area is 142 Å². The van der Waals surface area contributed by atoms with Crippen molar-refractivity contribution in [2.45, 2.75) is 18.9 Å². The maximum Gasteiger partial charge on any atom is 0.192 e. The van der Waals surface area contributed by atoms with Crippen LogP contribution in [0.1, 0.15) is 23.8 Å². The predicted molar refractivity (Wildman–Crippen MR) is 94.0 cm³/mol. The van der Waals surface area contributed by atoms with E-state index in [-0.39, 0.29) is 6.04 Å². The van der Waals surface area contributed by atoms with Gasteiger partial charge in [-0.3, -0.25) is 4.99 Å². The summed E-state index contributed by atoms with van der Waals surface area (Å²) in [5.74, 6) is 5.14. The first kappa shape index (κ1) is 16.0. The number of hydrogen-bond donors (Lipinski definition) is 2. The number of hydrogen-bond acceptors (Lipinski definition) is 3. The highest BCUT2D eigenvalue weighted by molar-refractivity contribution is 5.80. The fourth-order valence-corrected chi connectivity index (χ4v) is 2.68. The number of benzene rings is 1. The highest BCUT2D eigenvalue weighted by Gasteiger charge is 2.21. The molecule has 1 aromatic carbocycles. The van der Waals surface area contributed by atoms with Gasteiger partial charge in [-0.25, -0.2) is 0 Å². The number of guanidine groups is 1. The van der Waals surface area contributed by atoms with Gasteiger partial charge in [0, 0.05) is 24.9 Å². The highest BCUT2D eigenvalue weighted by atomic mass is 16.5. The summed E-state index contributed by atoms with van der Waals surface area (Å²) in [5, 5.41) is 6.62. The second-order valence-electron chi connectivity index (χ2n) is 5.49. The van der Waals surface area contributed by atoms with E-state index in [4.69, 9.17) is 15.6 Å². The Bertz CT molecular complexity index is 716. The molecule has 5 nitrogen and oxygen atoms in total. The lowest BCUT2D eigenvalue weighted by molar-refractivity contribution is 0.261. The van der Waals surface area contributed by atoms with Crippen molar-refractivity contribution in [2.75, 3.05) is 19.7 Å². The van der Waals surface area contributed by atoms with Crippen LogP contribution in [0.4, 0.5) is 0 Å². The van der Waals surface area contributed by atoms with Crippen LogP contribution in [0.2, 0.25) is 0 Å². The van der Waals surface area contributed by atoms with Gasteiger partial charge in [-0.1, -0.05) is 24.1 Å². The number of terminal acetylenes is 1. The molecule has 24 heavy (non-hydrogen) atoms. The molecule has 0 radical (unpaired) electrons. The smallest absolute Gasteiger partial charge is 0.192 e. The van der Waals surface area contributed by atoms with Crippen molar-refractivity contribution in [2.24, 2.45) is 4.99 Å². The second-order valence-corrected chi connectivity index (χ2v) is 5.49. The maximum atomic E-state index is 5.70. The van der Waals surface area contributed by atoms with Crippen LogP contribution in [0.25, 0.3) is 0 Å². The molecule has 0 saturated carbocycles. The van der Waals surface area contributed by atoms with Crippen LogP contribution in [-0.2, 0) is 6.42 Å². The Balaban J connectivity index is 1.67. The minimum absolute atomic E-state index is 0.155. The van der Waals surface area contributed by atoms with E-state index >= 15 is 0 Å². The Morgan fingerprint density at radius 1 is 1.29 bits per heavy atom. The molecule has 1 unspecified atom stereocenters. The molecule has 1 aliphatic heterocycles. The molecule has 0 amide bonds. The van der Waals surface area contributed by atoms with Gasteiger partial charge in [-0.05, 0) is 18.2 Å². The zero-order valence-electron chi connectivity index (χ0n) is 13.5. The van der Waals surface area contributed by atoms with E-state index in [2.05, 4.69) is 27.6 Å². The molecule has 0 fully saturated rings. The summed E-state index contributed by atoms with van der Waals surface area (Å²) in [4.78, 5) is 4.60. The average molecular weight is 323 g/mol. The molecule has 3 rings (SSSR count). The van der Waals surface area contributed by atoms with E-state index in [1.165, 1.54) is 0 Å². The van der Waals surface area contributed by atoms with E-state index < -0.39 is 0 Å². The maximum absolute atomic E-state index is 5.70. The van der Waals surface area contributed by atoms with Crippen LogP contribution in [0.15, 0.2) is 52.1 Å². The average Bonchev–Trinajstić information content (AvgIpc) is 3.13. The molecule has 1 aromatic heterocycles. The fourth-order valence-electron chi connectivity index (χ4n) is 2.68. The first-order valence-electron chi connectivity index (χ1n) is 8.09. The Kier molecular flexibility index (Phi) is 5.41. The van der Waals surface area contributed by atoms with Crippen molar-refractivity contribution in [3.8, 4) is 18.1 Å². The summed E-state index contributed by atoms with van der Waals surface area (Å²) >= 11 is 0. The second kappa shape index (κ2) is 8.11. The van der Waals surface area contributed by atoms with Gasteiger partial charge in [0.1, 0.15) is 11.5 Å². The molecular formula is C19H21N3O2. The Hall–Kier alpha value is -2.87. The highest BCUT2D eigenvalue weighted by Crippen LogP contribution is 2.31. The molecule has 2 N–H and O–H groups in total. The zero-order chi connectivity index (χ0) is 16.6. The summed E-state index contributed by atoms with van der Waals surface area (Å²) in [5.41, 5.74) is 1.14.